The van der Waals surface area contributed by atoms with Crippen molar-refractivity contribution in [3.8, 4) is 0 Å². The summed E-state index contributed by atoms with van der Waals surface area (Å²) in [6.07, 6.45) is 0.787. The molecule has 0 N–H and O–H groups in total. The lowest BCUT2D eigenvalue weighted by Crippen LogP contribution is -2.43. The number of hydrogen-bond donors (Lipinski definition) is 0. The van der Waals surface area contributed by atoms with Gasteiger partial charge in [0.2, 0.25) is 12.7 Å². The number of halogens is 1. The minimum atomic E-state index is -1.04. The molecule has 3 aliphatic heterocycles. The number of likely N-dealkylation sites (N-methyl/N-ethyl adjacent to an activating group) is 1. The molecule has 4 heterocycles. The van der Waals surface area contributed by atoms with Crippen LogP contribution in [-0.4, -0.2) is 89.3 Å². The highest BCUT2D eigenvalue weighted by molar-refractivity contribution is 5.92. The van der Waals surface area contributed by atoms with Gasteiger partial charge in [-0.2, -0.15) is 5.10 Å². The van der Waals surface area contributed by atoms with Crippen LogP contribution < -0.4 is 9.80 Å². The normalized spacial score (nSPS) is 20.4. The molecular formula is C26H31FN6O7. The quantitative estimate of drug-likeness (QED) is 0.368. The Bertz CT molecular complexity index is 1310. The molecule has 1 aromatic heterocycles. The topological polar surface area (TPSA) is 127 Å². The number of amides is 3. The molecular weight excluding hydrogens is 527 g/mol. The molecule has 2 saturated heterocycles. The molecule has 2 aromatic rings. The summed E-state index contributed by atoms with van der Waals surface area (Å²) in [5.41, 5.74) is 2.60. The molecule has 2 fully saturated rings. The number of hydrogen-bond acceptors (Lipinski definition) is 10. The van der Waals surface area contributed by atoms with E-state index in [4.69, 9.17) is 14.2 Å². The maximum Gasteiger partial charge on any atom is 0.419 e. The summed E-state index contributed by atoms with van der Waals surface area (Å²) in [4.78, 5) is 55.1. The third-order valence-electron chi connectivity index (χ3n) is 7.31. The molecule has 2 atom stereocenters. The van der Waals surface area contributed by atoms with Gasteiger partial charge in [0.25, 0.3) is 0 Å². The Labute approximate surface area is 229 Å². The summed E-state index contributed by atoms with van der Waals surface area (Å²) in [5.74, 6) is -1.65. The van der Waals surface area contributed by atoms with Crippen LogP contribution in [0.5, 0.6) is 0 Å². The van der Waals surface area contributed by atoms with Gasteiger partial charge in [-0.1, -0.05) is 0 Å². The average molecular weight is 559 g/mol. The van der Waals surface area contributed by atoms with Crippen LogP contribution in [0.2, 0.25) is 0 Å². The Morgan fingerprint density at radius 2 is 2.00 bits per heavy atom. The molecule has 0 bridgehead atoms. The second kappa shape index (κ2) is 11.1. The van der Waals surface area contributed by atoms with E-state index in [1.165, 1.54) is 11.0 Å². The van der Waals surface area contributed by atoms with Gasteiger partial charge in [0, 0.05) is 32.3 Å². The monoisotopic (exact) mass is 558 g/mol. The second-order valence-corrected chi connectivity index (χ2v) is 10.1. The molecule has 14 heteroatoms. The first-order chi connectivity index (χ1) is 19.1. The van der Waals surface area contributed by atoms with Gasteiger partial charge in [-0.3, -0.25) is 24.1 Å². The molecule has 3 aliphatic rings. The van der Waals surface area contributed by atoms with Crippen LogP contribution in [0, 0.1) is 5.82 Å². The van der Waals surface area contributed by atoms with Crippen LogP contribution in [0.4, 0.5) is 25.4 Å². The van der Waals surface area contributed by atoms with Crippen molar-refractivity contribution in [1.29, 1.82) is 0 Å². The smallest absolute Gasteiger partial charge is 0.419 e. The Morgan fingerprint density at radius 3 is 2.67 bits per heavy atom. The Balaban J connectivity index is 1.16. The number of nitrogens with zero attached hydrogens (tertiary/aromatic N) is 6. The highest BCUT2D eigenvalue weighted by Gasteiger charge is 2.37. The number of aromatic nitrogens is 2. The van der Waals surface area contributed by atoms with Gasteiger partial charge in [0.1, 0.15) is 18.0 Å². The number of cyclic esters (lactones) is 1. The predicted octanol–water partition coefficient (Wildman–Crippen LogP) is 1.98. The van der Waals surface area contributed by atoms with Crippen molar-refractivity contribution in [1.82, 2.24) is 19.6 Å². The molecule has 0 saturated carbocycles. The lowest BCUT2D eigenvalue weighted by Gasteiger charge is -2.22. The van der Waals surface area contributed by atoms with Crippen LogP contribution in [-0.2, 0) is 43.9 Å². The number of benzene rings is 1. The number of imide groups is 1. The minimum absolute atomic E-state index is 0.0164. The first kappa shape index (κ1) is 27.4. The molecule has 13 nitrogen and oxygen atoms in total. The number of carbonyl (C=O) groups is 4. The fourth-order valence-corrected chi connectivity index (χ4v) is 5.26. The molecule has 5 rings (SSSR count). The van der Waals surface area contributed by atoms with Crippen LogP contribution in [0.1, 0.15) is 31.0 Å². The standard InChI is InChI=1S/C26H31FN6O7/c1-16(34)32(25(36)39-15-38-24(35)23-5-4-8-29(23)2)12-19-13-33(26(37)40-19)18-6-7-22(20(27)9-18)31-11-17-10-30(3)28-21(17)14-31/h6-7,9-10,19,23H,4-5,8,11-15H2,1-3H3/t19-,23?/m0/s1. The molecule has 0 spiro atoms. The van der Waals surface area contributed by atoms with E-state index in [2.05, 4.69) is 5.10 Å². The number of ether oxygens (including phenoxy) is 3. The summed E-state index contributed by atoms with van der Waals surface area (Å²) in [7, 11) is 3.65. The number of likely N-dealkylation sites (tertiary alicyclic amines) is 1. The number of esters is 1. The van der Waals surface area contributed by atoms with E-state index in [1.54, 1.807) is 16.8 Å². The van der Waals surface area contributed by atoms with Gasteiger partial charge in [0.05, 0.1) is 36.7 Å². The highest BCUT2D eigenvalue weighted by atomic mass is 19.1. The Hall–Kier alpha value is -4.20. The summed E-state index contributed by atoms with van der Waals surface area (Å²) < 4.78 is 32.2. The van der Waals surface area contributed by atoms with Crippen molar-refractivity contribution >= 4 is 35.4 Å². The maximum absolute atomic E-state index is 15.1. The van der Waals surface area contributed by atoms with Crippen molar-refractivity contribution in [3.05, 3.63) is 41.5 Å². The zero-order valence-corrected chi connectivity index (χ0v) is 22.5. The second-order valence-electron chi connectivity index (χ2n) is 10.1. The van der Waals surface area contributed by atoms with Crippen LogP contribution in [0.25, 0.3) is 0 Å². The fourth-order valence-electron chi connectivity index (χ4n) is 5.26. The van der Waals surface area contributed by atoms with Gasteiger partial charge >= 0.3 is 18.2 Å². The van der Waals surface area contributed by atoms with E-state index in [-0.39, 0.29) is 18.8 Å². The Kier molecular flexibility index (Phi) is 7.61. The van der Waals surface area contributed by atoms with Crippen molar-refractivity contribution in [2.75, 3.05) is 43.3 Å². The minimum Gasteiger partial charge on any atom is -0.442 e. The van der Waals surface area contributed by atoms with Gasteiger partial charge in [0.15, 0.2) is 0 Å². The maximum atomic E-state index is 15.1. The number of anilines is 2. The van der Waals surface area contributed by atoms with E-state index >= 15 is 4.39 Å². The average Bonchev–Trinajstić information content (AvgIpc) is 3.66. The van der Waals surface area contributed by atoms with Crippen LogP contribution >= 0.6 is 0 Å². The van der Waals surface area contributed by atoms with Crippen molar-refractivity contribution in [2.45, 2.75) is 45.0 Å². The van der Waals surface area contributed by atoms with Crippen molar-refractivity contribution in [3.63, 3.8) is 0 Å². The lowest BCUT2D eigenvalue weighted by atomic mass is 10.2. The summed E-state index contributed by atoms with van der Waals surface area (Å²) in [6, 6.07) is 4.07. The lowest BCUT2D eigenvalue weighted by molar-refractivity contribution is -0.157. The predicted molar refractivity (Wildman–Crippen MR) is 138 cm³/mol. The summed E-state index contributed by atoms with van der Waals surface area (Å²) in [5, 5.41) is 4.39. The van der Waals surface area contributed by atoms with E-state index < -0.39 is 48.8 Å². The third kappa shape index (κ3) is 5.57. The van der Waals surface area contributed by atoms with Gasteiger partial charge in [-0.25, -0.2) is 18.9 Å². The molecule has 0 aliphatic carbocycles. The van der Waals surface area contributed by atoms with E-state index in [0.29, 0.717) is 25.2 Å². The number of carbonyl (C=O) groups excluding carboxylic acids is 4. The zero-order chi connectivity index (χ0) is 28.6. The number of aryl methyl sites for hydroxylation is 1. The molecule has 214 valence electrons. The Morgan fingerprint density at radius 1 is 1.20 bits per heavy atom. The van der Waals surface area contributed by atoms with Gasteiger partial charge in [-0.15, -0.1) is 0 Å². The molecule has 3 amide bonds. The van der Waals surface area contributed by atoms with E-state index in [1.807, 2.05) is 30.1 Å². The highest BCUT2D eigenvalue weighted by Crippen LogP contribution is 2.32. The van der Waals surface area contributed by atoms with Crippen LogP contribution in [0.15, 0.2) is 24.4 Å². The zero-order valence-electron chi connectivity index (χ0n) is 22.5. The van der Waals surface area contributed by atoms with Crippen LogP contribution in [0.3, 0.4) is 0 Å². The largest absolute Gasteiger partial charge is 0.442 e. The fraction of sp³-hybridized carbons (Fsp3) is 0.500. The molecule has 1 aromatic carbocycles. The molecule has 1 unspecified atom stereocenters. The molecule has 0 radical (unpaired) electrons. The van der Waals surface area contributed by atoms with E-state index in [0.717, 1.165) is 36.0 Å². The summed E-state index contributed by atoms with van der Waals surface area (Å²) >= 11 is 0. The third-order valence-corrected chi connectivity index (χ3v) is 7.31. The SMILES string of the molecule is CC(=O)N(C[C@H]1CN(c2ccc(N3Cc4cn(C)nc4C3)c(F)c2)C(=O)O1)C(=O)OCOC(=O)C1CCCN1C. The summed E-state index contributed by atoms with van der Waals surface area (Å²) in [6.45, 7) is 2.00. The van der Waals surface area contributed by atoms with Crippen molar-refractivity contribution < 1.29 is 37.8 Å². The molecule has 40 heavy (non-hydrogen) atoms. The first-order valence-electron chi connectivity index (χ1n) is 13.0. The van der Waals surface area contributed by atoms with Gasteiger partial charge < -0.3 is 19.1 Å². The first-order valence-corrected chi connectivity index (χ1v) is 13.0. The number of fused-ring (bicyclic) bond motifs is 1. The number of rotatable bonds is 7. The van der Waals surface area contributed by atoms with Gasteiger partial charge in [-0.05, 0) is 44.6 Å². The van der Waals surface area contributed by atoms with E-state index in [9.17, 15) is 19.2 Å². The van der Waals surface area contributed by atoms with Crippen molar-refractivity contribution in [2.24, 2.45) is 7.05 Å².